The summed E-state index contributed by atoms with van der Waals surface area (Å²) < 4.78 is 0. The van der Waals surface area contributed by atoms with Crippen molar-refractivity contribution in [1.29, 1.82) is 0 Å². The van der Waals surface area contributed by atoms with Crippen LogP contribution in [0.2, 0.25) is 0 Å². The van der Waals surface area contributed by atoms with E-state index < -0.39 is 0 Å². The normalized spacial score (nSPS) is 25.2. The molecule has 1 saturated carbocycles. The van der Waals surface area contributed by atoms with Gasteiger partial charge in [0.1, 0.15) is 0 Å². The first-order valence-electron chi connectivity index (χ1n) is 6.86. The van der Waals surface area contributed by atoms with Crippen molar-refractivity contribution in [2.24, 2.45) is 5.73 Å². The first-order valence-corrected chi connectivity index (χ1v) is 6.86. The highest BCUT2D eigenvalue weighted by Crippen LogP contribution is 2.48. The fraction of sp³-hybridized carbons (Fsp3) is 0.294. The van der Waals surface area contributed by atoms with Gasteiger partial charge < -0.3 is 11.1 Å². The smallest absolute Gasteiger partial charge is 0.0357 e. The molecule has 2 aromatic rings. The Balaban J connectivity index is 1.52. The third kappa shape index (κ3) is 2.86. The minimum Gasteiger partial charge on any atom is -0.323 e. The van der Waals surface area contributed by atoms with Crippen LogP contribution in [0.15, 0.2) is 60.7 Å². The van der Waals surface area contributed by atoms with Gasteiger partial charge in [0, 0.05) is 24.5 Å². The molecular formula is C17H20N2. The fourth-order valence-electron chi connectivity index (χ4n) is 2.69. The molecule has 0 radical (unpaired) electrons. The van der Waals surface area contributed by atoms with Crippen LogP contribution in [0.3, 0.4) is 0 Å². The molecule has 0 saturated heterocycles. The van der Waals surface area contributed by atoms with Crippen LogP contribution in [0.5, 0.6) is 0 Å². The lowest BCUT2D eigenvalue weighted by Crippen LogP contribution is -2.37. The van der Waals surface area contributed by atoms with Crippen LogP contribution >= 0.6 is 0 Å². The van der Waals surface area contributed by atoms with E-state index in [0.29, 0.717) is 5.92 Å². The topological polar surface area (TPSA) is 38.0 Å². The zero-order chi connectivity index (χ0) is 13.1. The van der Waals surface area contributed by atoms with Gasteiger partial charge >= 0.3 is 0 Å². The number of nitrogens with one attached hydrogen (secondary N) is 1. The first kappa shape index (κ1) is 12.4. The van der Waals surface area contributed by atoms with E-state index in [-0.39, 0.29) is 5.54 Å². The lowest BCUT2D eigenvalue weighted by molar-refractivity contribution is 0.555. The molecule has 0 bridgehead atoms. The predicted octanol–water partition coefficient (Wildman–Crippen LogP) is 2.66. The third-order valence-corrected chi connectivity index (χ3v) is 3.95. The summed E-state index contributed by atoms with van der Waals surface area (Å²) in [7, 11) is 0. The maximum Gasteiger partial charge on any atom is 0.0357 e. The zero-order valence-corrected chi connectivity index (χ0v) is 11.0. The molecule has 98 valence electrons. The summed E-state index contributed by atoms with van der Waals surface area (Å²) in [6.07, 6.45) is 1.08. The minimum absolute atomic E-state index is 0.0594. The molecule has 0 heterocycles. The molecule has 19 heavy (non-hydrogen) atoms. The van der Waals surface area contributed by atoms with Crippen molar-refractivity contribution in [1.82, 2.24) is 5.32 Å². The molecule has 2 heteroatoms. The van der Waals surface area contributed by atoms with E-state index in [1.807, 2.05) is 6.07 Å². The summed E-state index contributed by atoms with van der Waals surface area (Å²) in [5, 5.41) is 3.48. The summed E-state index contributed by atoms with van der Waals surface area (Å²) >= 11 is 0. The number of hydrogen-bond donors (Lipinski definition) is 2. The molecule has 0 aromatic heterocycles. The van der Waals surface area contributed by atoms with Gasteiger partial charge in [-0.25, -0.2) is 0 Å². The molecule has 0 aliphatic heterocycles. The van der Waals surface area contributed by atoms with Crippen LogP contribution in [0, 0.1) is 0 Å². The minimum atomic E-state index is -0.0594. The van der Waals surface area contributed by atoms with Gasteiger partial charge in [-0.15, -0.1) is 0 Å². The third-order valence-electron chi connectivity index (χ3n) is 3.95. The molecule has 2 aromatic carbocycles. The Labute approximate surface area is 114 Å². The predicted molar refractivity (Wildman–Crippen MR) is 78.9 cm³/mol. The lowest BCUT2D eigenvalue weighted by atomic mass is 10.1. The molecule has 3 N–H and O–H groups in total. The van der Waals surface area contributed by atoms with Crippen molar-refractivity contribution in [2.45, 2.75) is 24.4 Å². The second-order valence-electron chi connectivity index (χ2n) is 5.49. The number of nitrogens with two attached hydrogens (primary N) is 1. The maximum absolute atomic E-state index is 6.42. The van der Waals surface area contributed by atoms with Gasteiger partial charge in [-0.1, -0.05) is 60.7 Å². The van der Waals surface area contributed by atoms with Gasteiger partial charge in [0.25, 0.3) is 0 Å². The molecule has 1 fully saturated rings. The van der Waals surface area contributed by atoms with Crippen molar-refractivity contribution in [3.8, 4) is 0 Å². The van der Waals surface area contributed by atoms with Crippen molar-refractivity contribution < 1.29 is 0 Å². The van der Waals surface area contributed by atoms with E-state index in [1.54, 1.807) is 0 Å². The van der Waals surface area contributed by atoms with Gasteiger partial charge in [0.2, 0.25) is 0 Å². The number of hydrogen-bond acceptors (Lipinski definition) is 2. The molecular weight excluding hydrogens is 232 g/mol. The summed E-state index contributed by atoms with van der Waals surface area (Å²) in [5.41, 5.74) is 9.04. The standard InChI is InChI=1S/C17H20N2/c18-17(11-16(17)15-9-5-2-6-10-15)13-19-12-14-7-3-1-4-8-14/h1-10,16,19H,11-13,18H2/t16-,17+/m1/s1. The molecule has 1 aliphatic rings. The van der Waals surface area contributed by atoms with Gasteiger partial charge in [-0.05, 0) is 17.5 Å². The van der Waals surface area contributed by atoms with Crippen molar-refractivity contribution >= 4 is 0 Å². The second-order valence-corrected chi connectivity index (χ2v) is 5.49. The van der Waals surface area contributed by atoms with Crippen LogP contribution in [0.4, 0.5) is 0 Å². The van der Waals surface area contributed by atoms with Crippen molar-refractivity contribution in [2.75, 3.05) is 6.54 Å². The molecule has 3 rings (SSSR count). The second kappa shape index (κ2) is 5.16. The lowest BCUT2D eigenvalue weighted by Gasteiger charge is -2.13. The van der Waals surface area contributed by atoms with Crippen LogP contribution in [0.1, 0.15) is 23.5 Å². The van der Waals surface area contributed by atoms with Crippen LogP contribution in [-0.2, 0) is 6.54 Å². The van der Waals surface area contributed by atoms with E-state index >= 15 is 0 Å². The maximum atomic E-state index is 6.42. The van der Waals surface area contributed by atoms with Gasteiger partial charge in [0.05, 0.1) is 0 Å². The zero-order valence-electron chi connectivity index (χ0n) is 11.0. The van der Waals surface area contributed by atoms with Crippen LogP contribution < -0.4 is 11.1 Å². The average Bonchev–Trinajstić information content (AvgIpc) is 3.13. The first-order chi connectivity index (χ1) is 9.28. The van der Waals surface area contributed by atoms with E-state index in [9.17, 15) is 0 Å². The Kier molecular flexibility index (Phi) is 3.36. The van der Waals surface area contributed by atoms with Crippen LogP contribution in [-0.4, -0.2) is 12.1 Å². The van der Waals surface area contributed by atoms with E-state index in [2.05, 4.69) is 59.9 Å². The van der Waals surface area contributed by atoms with E-state index in [4.69, 9.17) is 5.73 Å². The monoisotopic (exact) mass is 252 g/mol. The molecule has 2 nitrogen and oxygen atoms in total. The summed E-state index contributed by atoms with van der Waals surface area (Å²) in [6.45, 7) is 1.77. The Morgan fingerprint density at radius 2 is 1.63 bits per heavy atom. The highest BCUT2D eigenvalue weighted by Gasteiger charge is 2.51. The Bertz CT molecular complexity index is 523. The number of rotatable bonds is 5. The van der Waals surface area contributed by atoms with E-state index in [1.165, 1.54) is 11.1 Å². The highest BCUT2D eigenvalue weighted by atomic mass is 15.0. The largest absolute Gasteiger partial charge is 0.323 e. The quantitative estimate of drug-likeness (QED) is 0.858. The molecule has 2 atom stereocenters. The summed E-state index contributed by atoms with van der Waals surface area (Å²) in [6, 6.07) is 21.0. The summed E-state index contributed by atoms with van der Waals surface area (Å²) in [5.74, 6) is 0.511. The van der Waals surface area contributed by atoms with Crippen LogP contribution in [0.25, 0.3) is 0 Å². The molecule has 0 unspecified atom stereocenters. The van der Waals surface area contributed by atoms with Gasteiger partial charge in [-0.3, -0.25) is 0 Å². The highest BCUT2D eigenvalue weighted by molar-refractivity contribution is 5.33. The molecule has 1 aliphatic carbocycles. The molecule has 0 spiro atoms. The fourth-order valence-corrected chi connectivity index (χ4v) is 2.69. The average molecular weight is 252 g/mol. The Hall–Kier alpha value is -1.64. The molecule has 0 amide bonds. The van der Waals surface area contributed by atoms with Crippen molar-refractivity contribution in [3.63, 3.8) is 0 Å². The SMILES string of the molecule is N[C@]1(CNCc2ccccc2)C[C@@H]1c1ccccc1. The Morgan fingerprint density at radius 3 is 2.32 bits per heavy atom. The van der Waals surface area contributed by atoms with Gasteiger partial charge in [0.15, 0.2) is 0 Å². The Morgan fingerprint density at radius 1 is 1.00 bits per heavy atom. The number of benzene rings is 2. The summed E-state index contributed by atoms with van der Waals surface area (Å²) in [4.78, 5) is 0. The van der Waals surface area contributed by atoms with Gasteiger partial charge in [-0.2, -0.15) is 0 Å². The van der Waals surface area contributed by atoms with Crippen molar-refractivity contribution in [3.05, 3.63) is 71.8 Å². The van der Waals surface area contributed by atoms with E-state index in [0.717, 1.165) is 19.5 Å².